The number of likely N-dealkylation sites (tertiary alicyclic amines) is 1. The molecule has 11 heteroatoms. The zero-order valence-electron chi connectivity index (χ0n) is 17.2. The minimum atomic E-state index is -0.853. The minimum absolute atomic E-state index is 0.0462. The van der Waals surface area contributed by atoms with Crippen molar-refractivity contribution in [2.45, 2.75) is 44.4 Å². The number of aliphatic hydroxyl groups is 1. The molecule has 0 radical (unpaired) electrons. The van der Waals surface area contributed by atoms with E-state index in [1.54, 1.807) is 0 Å². The summed E-state index contributed by atoms with van der Waals surface area (Å²) in [6.07, 6.45) is 0.108. The topological polar surface area (TPSA) is 164 Å². The number of amides is 2. The molecule has 31 heavy (non-hydrogen) atoms. The molecule has 1 fully saturated rings. The van der Waals surface area contributed by atoms with Crippen LogP contribution in [-0.4, -0.2) is 69.8 Å². The Morgan fingerprint density at radius 3 is 2.77 bits per heavy atom. The summed E-state index contributed by atoms with van der Waals surface area (Å²) in [5, 5.41) is 13.0. The molecule has 1 aromatic heterocycles. The van der Waals surface area contributed by atoms with E-state index in [0.717, 1.165) is 4.70 Å². The van der Waals surface area contributed by atoms with E-state index in [1.165, 1.54) is 23.2 Å². The lowest BCUT2D eigenvalue weighted by Crippen LogP contribution is -2.50. The lowest BCUT2D eigenvalue weighted by atomic mass is 10.1. The van der Waals surface area contributed by atoms with Crippen LogP contribution in [0, 0.1) is 0 Å². The monoisotopic (exact) mass is 446 g/mol. The number of β-amino-alcohol motifs (C(OH)–C–C–N with tert-alkyl or cyclic N) is 1. The van der Waals surface area contributed by atoms with Gasteiger partial charge in [0.2, 0.25) is 17.6 Å². The Balaban J connectivity index is 1.78. The van der Waals surface area contributed by atoms with Crippen LogP contribution in [0.4, 0.5) is 0 Å². The molecule has 3 atom stereocenters. The molecule has 0 aliphatic carbocycles. The second-order valence-electron chi connectivity index (χ2n) is 7.44. The normalized spacial score (nSPS) is 19.2. The smallest absolute Gasteiger partial charge is 0.243 e. The first kappa shape index (κ1) is 22.6. The molecule has 2 aromatic rings. The SMILES string of the molecule is CC(=O)N1C[C@@H](O)CC1C(=O)N[C@H](CCCN=C(N)N)C(=O)c1nc2ccccc2s1. The van der Waals surface area contributed by atoms with Gasteiger partial charge < -0.3 is 26.8 Å². The number of hydrogen-bond acceptors (Lipinski definition) is 7. The number of nitrogens with one attached hydrogen (secondary N) is 1. The van der Waals surface area contributed by atoms with Crippen molar-refractivity contribution in [2.75, 3.05) is 13.1 Å². The van der Waals surface area contributed by atoms with Crippen LogP contribution in [0.25, 0.3) is 10.2 Å². The van der Waals surface area contributed by atoms with E-state index in [2.05, 4.69) is 15.3 Å². The standard InChI is InChI=1S/C20H26N6O4S/c1-11(27)26-10-12(28)9-15(26)18(30)24-14(6-4-8-23-20(21)22)17(29)19-25-13-5-2-3-7-16(13)31-19/h2-3,5,7,12,14-15,28H,4,6,8-10H2,1H3,(H,24,30)(H4,21,22,23)/t12-,14+,15?/m0/s1. The van der Waals surface area contributed by atoms with Gasteiger partial charge in [0.25, 0.3) is 0 Å². The molecular formula is C20H26N6O4S. The Hall–Kier alpha value is -3.05. The van der Waals surface area contributed by atoms with Crippen molar-refractivity contribution < 1.29 is 19.5 Å². The molecule has 1 unspecified atom stereocenters. The largest absolute Gasteiger partial charge is 0.391 e. The van der Waals surface area contributed by atoms with Gasteiger partial charge in [-0.3, -0.25) is 19.4 Å². The van der Waals surface area contributed by atoms with Crippen LogP contribution in [-0.2, 0) is 9.59 Å². The van der Waals surface area contributed by atoms with E-state index in [-0.39, 0.29) is 30.6 Å². The number of nitrogens with zero attached hydrogens (tertiary/aromatic N) is 3. The lowest BCUT2D eigenvalue weighted by molar-refractivity contribution is -0.137. The third-order valence-electron chi connectivity index (χ3n) is 5.07. The van der Waals surface area contributed by atoms with Crippen LogP contribution in [0.2, 0.25) is 0 Å². The third-order valence-corrected chi connectivity index (χ3v) is 6.12. The van der Waals surface area contributed by atoms with Gasteiger partial charge in [0.15, 0.2) is 11.0 Å². The van der Waals surface area contributed by atoms with E-state index in [4.69, 9.17) is 11.5 Å². The van der Waals surface area contributed by atoms with Crippen LogP contribution in [0.15, 0.2) is 29.3 Å². The number of ketones is 1. The summed E-state index contributed by atoms with van der Waals surface area (Å²) in [4.78, 5) is 47.6. The summed E-state index contributed by atoms with van der Waals surface area (Å²) in [5.41, 5.74) is 11.4. The molecule has 3 rings (SSSR count). The number of thiazole rings is 1. The lowest BCUT2D eigenvalue weighted by Gasteiger charge is -2.24. The van der Waals surface area contributed by atoms with Crippen LogP contribution < -0.4 is 16.8 Å². The molecule has 166 valence electrons. The minimum Gasteiger partial charge on any atom is -0.391 e. The Morgan fingerprint density at radius 1 is 1.35 bits per heavy atom. The van der Waals surface area contributed by atoms with E-state index in [9.17, 15) is 19.5 Å². The number of aromatic nitrogens is 1. The number of rotatable bonds is 8. The number of benzene rings is 1. The Morgan fingerprint density at radius 2 is 2.10 bits per heavy atom. The number of hydrogen-bond donors (Lipinski definition) is 4. The van der Waals surface area contributed by atoms with Gasteiger partial charge in [0.05, 0.1) is 22.4 Å². The number of aliphatic hydroxyl groups excluding tert-OH is 1. The highest BCUT2D eigenvalue weighted by molar-refractivity contribution is 7.20. The second-order valence-corrected chi connectivity index (χ2v) is 8.47. The van der Waals surface area contributed by atoms with Gasteiger partial charge in [-0.1, -0.05) is 12.1 Å². The molecule has 1 aliphatic rings. The number of nitrogens with two attached hydrogens (primary N) is 2. The Bertz CT molecular complexity index is 969. The van der Waals surface area contributed by atoms with Crippen LogP contribution in [0.5, 0.6) is 0 Å². The first-order valence-corrected chi connectivity index (χ1v) is 10.8. The van der Waals surface area contributed by atoms with Crippen LogP contribution >= 0.6 is 11.3 Å². The second kappa shape index (κ2) is 9.84. The number of Topliss-reactive ketones (excluding diaryl/α,β-unsaturated/α-hetero) is 1. The molecule has 1 aromatic carbocycles. The quantitative estimate of drug-likeness (QED) is 0.192. The highest BCUT2D eigenvalue weighted by Gasteiger charge is 2.39. The number of para-hydroxylation sites is 1. The van der Waals surface area contributed by atoms with Gasteiger partial charge in [0.1, 0.15) is 6.04 Å². The number of aliphatic imine (C=N–C) groups is 1. The molecule has 0 saturated carbocycles. The van der Waals surface area contributed by atoms with E-state index in [0.29, 0.717) is 29.9 Å². The summed E-state index contributed by atoms with van der Waals surface area (Å²) in [5.74, 6) is -1.14. The summed E-state index contributed by atoms with van der Waals surface area (Å²) >= 11 is 1.26. The van der Waals surface area contributed by atoms with Gasteiger partial charge in [-0.25, -0.2) is 4.98 Å². The predicted molar refractivity (Wildman–Crippen MR) is 118 cm³/mol. The van der Waals surface area contributed by atoms with E-state index in [1.807, 2.05) is 24.3 Å². The highest BCUT2D eigenvalue weighted by Crippen LogP contribution is 2.24. The molecule has 0 spiro atoms. The molecule has 2 amide bonds. The summed E-state index contributed by atoms with van der Waals surface area (Å²) in [7, 11) is 0. The zero-order valence-corrected chi connectivity index (χ0v) is 18.0. The van der Waals surface area contributed by atoms with Crippen LogP contribution in [0.1, 0.15) is 36.0 Å². The van der Waals surface area contributed by atoms with Gasteiger partial charge >= 0.3 is 0 Å². The molecule has 2 heterocycles. The summed E-state index contributed by atoms with van der Waals surface area (Å²) in [6.45, 7) is 1.75. The molecule has 1 saturated heterocycles. The summed E-state index contributed by atoms with van der Waals surface area (Å²) in [6, 6.07) is 5.72. The van der Waals surface area contributed by atoms with Crippen molar-refractivity contribution in [2.24, 2.45) is 16.5 Å². The third kappa shape index (κ3) is 5.56. The van der Waals surface area contributed by atoms with Crippen molar-refractivity contribution in [3.63, 3.8) is 0 Å². The Labute approximate surface area is 183 Å². The fourth-order valence-electron chi connectivity index (χ4n) is 3.58. The maximum atomic E-state index is 13.2. The summed E-state index contributed by atoms with van der Waals surface area (Å²) < 4.78 is 0.873. The fraction of sp³-hybridized carbons (Fsp3) is 0.450. The van der Waals surface area contributed by atoms with Gasteiger partial charge in [-0.2, -0.15) is 0 Å². The maximum absolute atomic E-state index is 13.2. The number of fused-ring (bicyclic) bond motifs is 1. The predicted octanol–water partition coefficient (Wildman–Crippen LogP) is -0.000900. The van der Waals surface area contributed by atoms with Crippen molar-refractivity contribution >= 4 is 45.1 Å². The zero-order chi connectivity index (χ0) is 22.5. The Kier molecular flexibility index (Phi) is 7.18. The van der Waals surface area contributed by atoms with Crippen molar-refractivity contribution in [3.8, 4) is 0 Å². The fourth-order valence-corrected chi connectivity index (χ4v) is 4.54. The van der Waals surface area contributed by atoms with Crippen LogP contribution in [0.3, 0.4) is 0 Å². The van der Waals surface area contributed by atoms with E-state index >= 15 is 0 Å². The maximum Gasteiger partial charge on any atom is 0.243 e. The molecule has 1 aliphatic heterocycles. The molecular weight excluding hydrogens is 420 g/mol. The van der Waals surface area contributed by atoms with E-state index < -0.39 is 24.1 Å². The highest BCUT2D eigenvalue weighted by atomic mass is 32.1. The van der Waals surface area contributed by atoms with Gasteiger partial charge in [-0.05, 0) is 25.0 Å². The number of carbonyl (C=O) groups excluding carboxylic acids is 3. The van der Waals surface area contributed by atoms with Gasteiger partial charge in [0, 0.05) is 26.4 Å². The average Bonchev–Trinajstić information content (AvgIpc) is 3.33. The molecule has 6 N–H and O–H groups in total. The first-order valence-electron chi connectivity index (χ1n) is 9.97. The average molecular weight is 447 g/mol. The van der Waals surface area contributed by atoms with Crippen molar-refractivity contribution in [1.82, 2.24) is 15.2 Å². The van der Waals surface area contributed by atoms with Crippen molar-refractivity contribution in [3.05, 3.63) is 29.3 Å². The first-order chi connectivity index (χ1) is 14.8. The van der Waals surface area contributed by atoms with Gasteiger partial charge in [-0.15, -0.1) is 11.3 Å². The molecule has 10 nitrogen and oxygen atoms in total. The number of carbonyl (C=O) groups is 3. The number of guanidine groups is 1. The van der Waals surface area contributed by atoms with Crippen molar-refractivity contribution in [1.29, 1.82) is 0 Å². The molecule has 0 bridgehead atoms.